The second-order valence-electron chi connectivity index (χ2n) is 5.62. The molecule has 0 aliphatic carbocycles. The third-order valence-electron chi connectivity index (χ3n) is 3.19. The van der Waals surface area contributed by atoms with Gasteiger partial charge < -0.3 is 5.32 Å². The average molecular weight is 372 g/mol. The van der Waals surface area contributed by atoms with Gasteiger partial charge in [-0.15, -0.1) is 0 Å². The second-order valence-corrected chi connectivity index (χ2v) is 7.28. The number of nitriles is 1. The van der Waals surface area contributed by atoms with Crippen molar-refractivity contribution in [3.05, 3.63) is 54.4 Å². The van der Waals surface area contributed by atoms with E-state index >= 15 is 0 Å². The van der Waals surface area contributed by atoms with Gasteiger partial charge in [0.15, 0.2) is 6.19 Å². The van der Waals surface area contributed by atoms with E-state index in [4.69, 9.17) is 5.26 Å². The Morgan fingerprint density at radius 2 is 2.00 bits per heavy atom. The molecule has 0 unspecified atom stereocenters. The topological polar surface area (TPSA) is 119 Å². The van der Waals surface area contributed by atoms with Crippen LogP contribution in [0.4, 0.5) is 5.69 Å². The van der Waals surface area contributed by atoms with Crippen LogP contribution >= 0.6 is 0 Å². The molecule has 136 valence electrons. The molecule has 0 spiro atoms. The van der Waals surface area contributed by atoms with Crippen LogP contribution in [0.3, 0.4) is 0 Å². The molecule has 8 nitrogen and oxygen atoms in total. The molecule has 3 N–H and O–H groups in total. The molecule has 0 bridgehead atoms. The molecule has 1 aromatic heterocycles. The van der Waals surface area contributed by atoms with Gasteiger partial charge in [0, 0.05) is 25.0 Å². The van der Waals surface area contributed by atoms with Crippen molar-refractivity contribution in [2.75, 3.05) is 5.32 Å². The van der Waals surface area contributed by atoms with Gasteiger partial charge in [-0.25, -0.2) is 18.1 Å². The van der Waals surface area contributed by atoms with Crippen LogP contribution in [0.2, 0.25) is 0 Å². The molecule has 1 aromatic carbocycles. The number of nitrogens with zero attached hydrogens (tertiary/aromatic N) is 3. The maximum Gasteiger partial charge on any atom is 0.267 e. The van der Waals surface area contributed by atoms with E-state index < -0.39 is 10.0 Å². The lowest BCUT2D eigenvalue weighted by molar-refractivity contribution is 0.591. The maximum absolute atomic E-state index is 12.7. The van der Waals surface area contributed by atoms with Crippen LogP contribution in [0.5, 0.6) is 0 Å². The fourth-order valence-electron chi connectivity index (χ4n) is 2.11. The minimum absolute atomic E-state index is 0.0351. The number of pyridine rings is 1. The van der Waals surface area contributed by atoms with E-state index in [-0.39, 0.29) is 16.9 Å². The number of hydrogen-bond acceptors (Lipinski definition) is 6. The SMILES string of the molecule is CC(C)N=C(NC#N)NS(=O)(=O)c1cnccc1NCc1ccccc1. The van der Waals surface area contributed by atoms with Crippen LogP contribution in [0.25, 0.3) is 0 Å². The Bertz CT molecular complexity index is 904. The van der Waals surface area contributed by atoms with Crippen molar-refractivity contribution in [1.29, 1.82) is 5.26 Å². The van der Waals surface area contributed by atoms with Gasteiger partial charge in [-0.1, -0.05) is 30.3 Å². The molecular weight excluding hydrogens is 352 g/mol. The van der Waals surface area contributed by atoms with E-state index in [1.807, 2.05) is 30.3 Å². The largest absolute Gasteiger partial charge is 0.380 e. The van der Waals surface area contributed by atoms with E-state index in [2.05, 4.69) is 25.3 Å². The van der Waals surface area contributed by atoms with Crippen molar-refractivity contribution in [3.8, 4) is 6.19 Å². The number of benzene rings is 1. The summed E-state index contributed by atoms with van der Waals surface area (Å²) in [5, 5.41) is 14.1. The molecule has 0 saturated carbocycles. The number of sulfonamides is 1. The second kappa shape index (κ2) is 8.82. The lowest BCUT2D eigenvalue weighted by atomic mass is 10.2. The number of hydrogen-bond donors (Lipinski definition) is 3. The van der Waals surface area contributed by atoms with Crippen LogP contribution in [-0.4, -0.2) is 25.4 Å². The van der Waals surface area contributed by atoms with Gasteiger partial charge in [0.1, 0.15) is 4.90 Å². The van der Waals surface area contributed by atoms with Crippen LogP contribution in [0.1, 0.15) is 19.4 Å². The maximum atomic E-state index is 12.7. The van der Waals surface area contributed by atoms with Gasteiger partial charge in [-0.05, 0) is 25.5 Å². The molecule has 0 aliphatic rings. The minimum atomic E-state index is -3.98. The summed E-state index contributed by atoms with van der Waals surface area (Å²) < 4.78 is 27.7. The van der Waals surface area contributed by atoms with Gasteiger partial charge in [0.2, 0.25) is 5.96 Å². The normalized spacial score (nSPS) is 11.7. The number of nitrogens with one attached hydrogen (secondary N) is 3. The molecule has 9 heteroatoms. The molecule has 26 heavy (non-hydrogen) atoms. The molecule has 0 fully saturated rings. The molecule has 2 rings (SSSR count). The average Bonchev–Trinajstić information content (AvgIpc) is 2.60. The summed E-state index contributed by atoms with van der Waals surface area (Å²) in [6, 6.07) is 11.0. The molecule has 0 radical (unpaired) electrons. The van der Waals surface area contributed by atoms with Crippen molar-refractivity contribution in [2.45, 2.75) is 31.3 Å². The highest BCUT2D eigenvalue weighted by molar-refractivity contribution is 7.90. The zero-order valence-electron chi connectivity index (χ0n) is 14.5. The molecule has 0 aliphatic heterocycles. The summed E-state index contributed by atoms with van der Waals surface area (Å²) in [5.74, 6) is -0.139. The first-order chi connectivity index (χ1) is 12.4. The lowest BCUT2D eigenvalue weighted by Gasteiger charge is -2.14. The van der Waals surface area contributed by atoms with E-state index in [0.29, 0.717) is 12.2 Å². The van der Waals surface area contributed by atoms with Gasteiger partial charge in [0.25, 0.3) is 10.0 Å². The first-order valence-corrected chi connectivity index (χ1v) is 9.38. The Morgan fingerprint density at radius 1 is 1.27 bits per heavy atom. The molecule has 0 amide bonds. The number of rotatable bonds is 6. The molecular formula is C17H20N6O2S. The summed E-state index contributed by atoms with van der Waals surface area (Å²) in [5.41, 5.74) is 1.41. The molecule has 0 atom stereocenters. The third-order valence-corrected chi connectivity index (χ3v) is 4.56. The fourth-order valence-corrected chi connectivity index (χ4v) is 3.21. The Labute approximate surface area is 153 Å². The highest BCUT2D eigenvalue weighted by Gasteiger charge is 2.21. The third kappa shape index (κ3) is 5.46. The number of anilines is 1. The highest BCUT2D eigenvalue weighted by Crippen LogP contribution is 2.20. The highest BCUT2D eigenvalue weighted by atomic mass is 32.2. The van der Waals surface area contributed by atoms with Gasteiger partial charge in [0.05, 0.1) is 5.69 Å². The number of aliphatic imine (C=N–C) groups is 1. The van der Waals surface area contributed by atoms with Crippen molar-refractivity contribution in [3.63, 3.8) is 0 Å². The first-order valence-electron chi connectivity index (χ1n) is 7.90. The predicted molar refractivity (Wildman–Crippen MR) is 99.6 cm³/mol. The molecule has 2 aromatic rings. The summed E-state index contributed by atoms with van der Waals surface area (Å²) in [4.78, 5) is 7.91. The summed E-state index contributed by atoms with van der Waals surface area (Å²) in [6.07, 6.45) is 4.42. The van der Waals surface area contributed by atoms with E-state index in [1.165, 1.54) is 12.4 Å². The van der Waals surface area contributed by atoms with Gasteiger partial charge in [-0.2, -0.15) is 5.26 Å². The van der Waals surface area contributed by atoms with E-state index in [9.17, 15) is 8.42 Å². The summed E-state index contributed by atoms with van der Waals surface area (Å²) in [6.45, 7) is 3.99. The van der Waals surface area contributed by atoms with Crippen LogP contribution < -0.4 is 15.4 Å². The molecule has 1 heterocycles. The van der Waals surface area contributed by atoms with Crippen LogP contribution in [0.15, 0.2) is 58.7 Å². The zero-order valence-corrected chi connectivity index (χ0v) is 15.3. The number of guanidine groups is 1. The Morgan fingerprint density at radius 3 is 2.65 bits per heavy atom. The minimum Gasteiger partial charge on any atom is -0.380 e. The van der Waals surface area contributed by atoms with Crippen molar-refractivity contribution in [2.24, 2.45) is 4.99 Å². The number of aromatic nitrogens is 1. The smallest absolute Gasteiger partial charge is 0.267 e. The standard InChI is InChI=1S/C17H20N6O2S/c1-13(2)22-17(21-12-18)23-26(24,25)16-11-19-9-8-15(16)20-10-14-6-4-3-5-7-14/h3-9,11,13H,10H2,1-2H3,(H,19,20)(H2,21,22,23). The monoisotopic (exact) mass is 372 g/mol. The Kier molecular flexibility index (Phi) is 6.52. The Balaban J connectivity index is 2.25. The van der Waals surface area contributed by atoms with E-state index in [0.717, 1.165) is 5.56 Å². The van der Waals surface area contributed by atoms with Crippen molar-refractivity contribution >= 4 is 21.7 Å². The van der Waals surface area contributed by atoms with Crippen LogP contribution in [-0.2, 0) is 16.6 Å². The summed E-state index contributed by atoms with van der Waals surface area (Å²) >= 11 is 0. The quantitative estimate of drug-likeness (QED) is 0.308. The van der Waals surface area contributed by atoms with Crippen LogP contribution in [0, 0.1) is 11.5 Å². The van der Waals surface area contributed by atoms with Gasteiger partial charge in [-0.3, -0.25) is 10.3 Å². The van der Waals surface area contributed by atoms with E-state index in [1.54, 1.807) is 26.1 Å². The first kappa shape index (κ1) is 19.2. The van der Waals surface area contributed by atoms with Gasteiger partial charge >= 0.3 is 0 Å². The molecule has 0 saturated heterocycles. The lowest BCUT2D eigenvalue weighted by Crippen LogP contribution is -2.39. The van der Waals surface area contributed by atoms with Crippen molar-refractivity contribution in [1.82, 2.24) is 15.0 Å². The Hall–Kier alpha value is -3.12. The predicted octanol–water partition coefficient (Wildman–Crippen LogP) is 1.81. The van der Waals surface area contributed by atoms with Crippen molar-refractivity contribution < 1.29 is 8.42 Å². The zero-order chi connectivity index (χ0) is 19.0. The fraction of sp³-hybridized carbons (Fsp3) is 0.235. The summed E-state index contributed by atoms with van der Waals surface area (Å²) in [7, 11) is -3.98.